The first-order valence-corrected chi connectivity index (χ1v) is 3.45. The van der Waals surface area contributed by atoms with Crippen molar-refractivity contribution in [2.75, 3.05) is 5.32 Å². The van der Waals surface area contributed by atoms with E-state index in [1.54, 1.807) is 5.38 Å². The van der Waals surface area contributed by atoms with Gasteiger partial charge in [0.1, 0.15) is 0 Å². The van der Waals surface area contributed by atoms with Gasteiger partial charge in [0.15, 0.2) is 11.1 Å². The highest BCUT2D eigenvalue weighted by molar-refractivity contribution is 7.13. The van der Waals surface area contributed by atoms with Crippen LogP contribution in [0.25, 0.3) is 0 Å². The first kappa shape index (κ1) is 7.01. The second kappa shape index (κ2) is 2.66. The second-order valence-corrected chi connectivity index (χ2v) is 2.54. The number of hydrogen-bond acceptors (Lipinski definition) is 3. The quantitative estimate of drug-likeness (QED) is 0.411. The molecule has 1 aromatic rings. The van der Waals surface area contributed by atoms with Crippen LogP contribution in [0.15, 0.2) is 5.38 Å². The van der Waals surface area contributed by atoms with E-state index in [1.165, 1.54) is 11.3 Å². The summed E-state index contributed by atoms with van der Waals surface area (Å²) in [6, 6.07) is 0. The average molecular weight is 155 g/mol. The summed E-state index contributed by atoms with van der Waals surface area (Å²) in [4.78, 5) is 3.93. The van der Waals surface area contributed by atoms with Crippen LogP contribution in [0.1, 0.15) is 5.69 Å². The van der Waals surface area contributed by atoms with E-state index in [2.05, 4.69) is 17.2 Å². The summed E-state index contributed by atoms with van der Waals surface area (Å²) >= 11 is 1.37. The Labute approximate surface area is 62.6 Å². The second-order valence-electron chi connectivity index (χ2n) is 1.68. The summed E-state index contributed by atoms with van der Waals surface area (Å²) in [5.41, 5.74) is 5.74. The largest absolute Gasteiger partial charge is 0.370 e. The van der Waals surface area contributed by atoms with Crippen molar-refractivity contribution in [2.24, 2.45) is 5.73 Å². The van der Waals surface area contributed by atoms with Crippen LogP contribution in [-0.4, -0.2) is 10.9 Å². The van der Waals surface area contributed by atoms with Crippen LogP contribution in [-0.2, 0) is 0 Å². The van der Waals surface area contributed by atoms with Gasteiger partial charge < -0.3 is 11.1 Å². The Bertz CT molecular complexity index is 242. The maximum absolute atomic E-state index is 6.85. The molecule has 5 heteroatoms. The van der Waals surface area contributed by atoms with E-state index in [-0.39, 0.29) is 5.96 Å². The summed E-state index contributed by atoms with van der Waals surface area (Å²) in [6.07, 6.45) is 0. The van der Waals surface area contributed by atoms with Crippen molar-refractivity contribution in [2.45, 2.75) is 0 Å². The zero-order chi connectivity index (χ0) is 7.56. The van der Waals surface area contributed by atoms with Gasteiger partial charge >= 0.3 is 0 Å². The number of anilines is 1. The van der Waals surface area contributed by atoms with Crippen molar-refractivity contribution < 1.29 is 0 Å². The summed E-state index contributed by atoms with van der Waals surface area (Å²) in [7, 11) is 0. The SMILES string of the molecule is [CH2]c1csc(NC(=N)N)n1. The molecule has 1 aromatic heterocycles. The van der Waals surface area contributed by atoms with Gasteiger partial charge in [-0.05, 0) is 6.92 Å². The molecule has 0 atom stereocenters. The van der Waals surface area contributed by atoms with Gasteiger partial charge in [-0.3, -0.25) is 5.41 Å². The van der Waals surface area contributed by atoms with Gasteiger partial charge in [0.2, 0.25) is 0 Å². The van der Waals surface area contributed by atoms with Gasteiger partial charge in [-0.1, -0.05) is 0 Å². The Morgan fingerprint density at radius 2 is 2.60 bits per heavy atom. The Morgan fingerprint density at radius 3 is 3.00 bits per heavy atom. The fourth-order valence-corrected chi connectivity index (χ4v) is 1.12. The number of nitrogens with zero attached hydrogens (tertiary/aromatic N) is 1. The lowest BCUT2D eigenvalue weighted by Crippen LogP contribution is -2.20. The van der Waals surface area contributed by atoms with E-state index in [0.29, 0.717) is 10.8 Å². The number of thiazole rings is 1. The fourth-order valence-electron chi connectivity index (χ4n) is 0.480. The highest BCUT2D eigenvalue weighted by Crippen LogP contribution is 2.13. The summed E-state index contributed by atoms with van der Waals surface area (Å²) in [5, 5.41) is 11.8. The minimum Gasteiger partial charge on any atom is -0.370 e. The van der Waals surface area contributed by atoms with Crippen LogP contribution in [0.3, 0.4) is 0 Å². The molecule has 0 spiro atoms. The van der Waals surface area contributed by atoms with Gasteiger partial charge in [0, 0.05) is 5.38 Å². The van der Waals surface area contributed by atoms with Gasteiger partial charge in [0.25, 0.3) is 0 Å². The molecule has 0 unspecified atom stereocenters. The van der Waals surface area contributed by atoms with Crippen LogP contribution in [0.2, 0.25) is 0 Å². The standard InChI is InChI=1S/C5H7N4S/c1-3-2-10-5(8-3)9-4(6)7/h2H,1H2,(H4,6,7,8,9). The third-order valence-electron chi connectivity index (χ3n) is 0.793. The van der Waals surface area contributed by atoms with Crippen molar-refractivity contribution >= 4 is 22.4 Å². The first-order chi connectivity index (χ1) is 4.68. The Morgan fingerprint density at radius 1 is 1.90 bits per heavy atom. The van der Waals surface area contributed by atoms with Gasteiger partial charge in [-0.2, -0.15) is 0 Å². The third kappa shape index (κ3) is 1.70. The van der Waals surface area contributed by atoms with E-state index in [1.807, 2.05) is 0 Å². The molecule has 1 rings (SSSR count). The predicted molar refractivity (Wildman–Crippen MR) is 42.1 cm³/mol. The fraction of sp³-hybridized carbons (Fsp3) is 0. The molecule has 0 aromatic carbocycles. The molecule has 0 saturated heterocycles. The molecule has 4 N–H and O–H groups in total. The van der Waals surface area contributed by atoms with Gasteiger partial charge in [0.05, 0.1) is 5.69 Å². The molecule has 0 aliphatic heterocycles. The molecule has 0 bridgehead atoms. The smallest absolute Gasteiger partial charge is 0.192 e. The van der Waals surface area contributed by atoms with Crippen LogP contribution in [0, 0.1) is 12.3 Å². The van der Waals surface area contributed by atoms with Crippen molar-refractivity contribution in [3.63, 3.8) is 0 Å². The molecule has 4 nitrogen and oxygen atoms in total. The van der Waals surface area contributed by atoms with E-state index in [4.69, 9.17) is 11.1 Å². The number of nitrogens with one attached hydrogen (secondary N) is 2. The van der Waals surface area contributed by atoms with E-state index in [9.17, 15) is 0 Å². The molecule has 0 aliphatic carbocycles. The van der Waals surface area contributed by atoms with Gasteiger partial charge in [-0.15, -0.1) is 11.3 Å². The van der Waals surface area contributed by atoms with Crippen molar-refractivity contribution in [1.82, 2.24) is 4.98 Å². The van der Waals surface area contributed by atoms with E-state index < -0.39 is 0 Å². The van der Waals surface area contributed by atoms with Crippen LogP contribution in [0.5, 0.6) is 0 Å². The molecule has 0 aliphatic rings. The maximum atomic E-state index is 6.85. The minimum atomic E-state index is -0.102. The minimum absolute atomic E-state index is 0.102. The lowest BCUT2D eigenvalue weighted by molar-refractivity contribution is 1.32. The van der Waals surface area contributed by atoms with Gasteiger partial charge in [-0.25, -0.2) is 4.98 Å². The van der Waals surface area contributed by atoms with E-state index >= 15 is 0 Å². The third-order valence-corrected chi connectivity index (χ3v) is 1.60. The predicted octanol–water partition coefficient (Wildman–Crippen LogP) is 0.631. The number of aromatic nitrogens is 1. The number of guanidine groups is 1. The molecule has 0 fully saturated rings. The topological polar surface area (TPSA) is 74.8 Å². The summed E-state index contributed by atoms with van der Waals surface area (Å²) < 4.78 is 0. The molecule has 0 saturated carbocycles. The normalized spacial score (nSPS) is 9.30. The lowest BCUT2D eigenvalue weighted by Gasteiger charge is -1.94. The molecule has 10 heavy (non-hydrogen) atoms. The molecular weight excluding hydrogens is 148 g/mol. The van der Waals surface area contributed by atoms with Crippen LogP contribution < -0.4 is 11.1 Å². The molecule has 0 amide bonds. The number of nitrogens with two attached hydrogens (primary N) is 1. The van der Waals surface area contributed by atoms with Crippen molar-refractivity contribution in [3.05, 3.63) is 18.0 Å². The molecule has 1 heterocycles. The maximum Gasteiger partial charge on any atom is 0.192 e. The highest BCUT2D eigenvalue weighted by atomic mass is 32.1. The van der Waals surface area contributed by atoms with Crippen LogP contribution in [0.4, 0.5) is 5.13 Å². The number of rotatable bonds is 1. The lowest BCUT2D eigenvalue weighted by atomic mass is 10.6. The highest BCUT2D eigenvalue weighted by Gasteiger charge is 1.96. The summed E-state index contributed by atoms with van der Waals surface area (Å²) in [6.45, 7) is 3.60. The first-order valence-electron chi connectivity index (χ1n) is 2.57. The van der Waals surface area contributed by atoms with Crippen molar-refractivity contribution in [3.8, 4) is 0 Å². The Hall–Kier alpha value is -1.10. The van der Waals surface area contributed by atoms with Crippen molar-refractivity contribution in [1.29, 1.82) is 5.41 Å². The molecular formula is C5H7N4S. The zero-order valence-electron chi connectivity index (χ0n) is 5.22. The summed E-state index contributed by atoms with van der Waals surface area (Å²) in [5.74, 6) is -0.102. The Balaban J connectivity index is 2.67. The average Bonchev–Trinajstić information content (AvgIpc) is 2.13. The molecule has 1 radical (unpaired) electrons. The van der Waals surface area contributed by atoms with E-state index in [0.717, 1.165) is 0 Å². The zero-order valence-corrected chi connectivity index (χ0v) is 6.03. The van der Waals surface area contributed by atoms with Crippen LogP contribution >= 0.6 is 11.3 Å². The molecule has 53 valence electrons. The monoisotopic (exact) mass is 155 g/mol. The Kier molecular flexibility index (Phi) is 1.86. The number of hydrogen-bond donors (Lipinski definition) is 3.